The quantitative estimate of drug-likeness (QED) is 0.576. The van der Waals surface area contributed by atoms with E-state index in [2.05, 4.69) is 5.73 Å². The minimum Gasteiger partial charge on any atom is -0.450 e. The fourth-order valence-corrected chi connectivity index (χ4v) is 0.611. The molecule has 0 aliphatic carbocycles. The van der Waals surface area contributed by atoms with Crippen LogP contribution in [-0.4, -0.2) is 5.91 Å². The van der Waals surface area contributed by atoms with Crippen LogP contribution in [0.5, 0.6) is 11.5 Å². The molecule has 0 spiro atoms. The first-order valence-corrected chi connectivity index (χ1v) is 3.23. The van der Waals surface area contributed by atoms with Crippen molar-refractivity contribution in [2.45, 2.75) is 6.92 Å². The third kappa shape index (κ3) is 2.71. The summed E-state index contributed by atoms with van der Waals surface area (Å²) in [4.78, 5) is 9.22. The molecule has 11 heavy (non-hydrogen) atoms. The molecule has 58 valence electrons. The topological polar surface area (TPSA) is 55.6 Å². The van der Waals surface area contributed by atoms with Crippen LogP contribution in [0.2, 0.25) is 0 Å². The summed E-state index contributed by atoms with van der Waals surface area (Å²) in [6.07, 6.45) is 0. The third-order valence-corrected chi connectivity index (χ3v) is 1.03. The standard InChI is InChI=1S/C6H4O.C2H5NO/c1-2-4-6-5(3-1)7-6;1-2(3)4/h1-4H;1H3,(H2,3,4). The summed E-state index contributed by atoms with van der Waals surface area (Å²) in [7, 11) is 0. The Morgan fingerprint density at radius 2 is 1.73 bits per heavy atom. The largest absolute Gasteiger partial charge is 0.450 e. The highest BCUT2D eigenvalue weighted by Gasteiger charge is 2.15. The highest BCUT2D eigenvalue weighted by atomic mass is 16.6. The summed E-state index contributed by atoms with van der Waals surface area (Å²) in [5.41, 5.74) is 4.47. The third-order valence-electron chi connectivity index (χ3n) is 1.03. The molecule has 1 aromatic carbocycles. The molecule has 0 unspecified atom stereocenters. The van der Waals surface area contributed by atoms with Crippen molar-refractivity contribution in [3.05, 3.63) is 24.3 Å². The molecule has 1 amide bonds. The molecular formula is C8H9NO2. The number of rotatable bonds is 0. The molecular weight excluding hydrogens is 142 g/mol. The minimum atomic E-state index is -0.333. The maximum Gasteiger partial charge on any atom is 0.214 e. The molecule has 1 aromatic rings. The monoisotopic (exact) mass is 151 g/mol. The Morgan fingerprint density at radius 3 is 2.00 bits per heavy atom. The summed E-state index contributed by atoms with van der Waals surface area (Å²) in [6.45, 7) is 1.31. The van der Waals surface area contributed by atoms with E-state index in [9.17, 15) is 4.79 Å². The van der Waals surface area contributed by atoms with Crippen molar-refractivity contribution in [3.8, 4) is 11.5 Å². The number of para-hydroxylation sites is 2. The summed E-state index contributed by atoms with van der Waals surface area (Å²) in [6, 6.07) is 7.84. The van der Waals surface area contributed by atoms with Gasteiger partial charge in [0.1, 0.15) is 0 Å². The summed E-state index contributed by atoms with van der Waals surface area (Å²) >= 11 is 0. The predicted octanol–water partition coefficient (Wildman–Crippen LogP) is 1.28. The Bertz CT molecular complexity index is 246. The van der Waals surface area contributed by atoms with Gasteiger partial charge in [0.2, 0.25) is 5.91 Å². The normalized spacial score (nSPS) is 9.91. The van der Waals surface area contributed by atoms with Crippen molar-refractivity contribution < 1.29 is 9.53 Å². The maximum atomic E-state index is 9.22. The lowest BCUT2D eigenvalue weighted by molar-refractivity contribution is -0.115. The predicted molar refractivity (Wildman–Crippen MR) is 41.4 cm³/mol. The summed E-state index contributed by atoms with van der Waals surface area (Å²) < 4.78 is 4.94. The molecule has 3 nitrogen and oxygen atoms in total. The minimum absolute atomic E-state index is 0.333. The fraction of sp³-hybridized carbons (Fsp3) is 0.125. The van der Waals surface area contributed by atoms with E-state index < -0.39 is 0 Å². The second kappa shape index (κ2) is 3.05. The molecule has 0 saturated carbocycles. The van der Waals surface area contributed by atoms with Gasteiger partial charge in [-0.3, -0.25) is 4.79 Å². The van der Waals surface area contributed by atoms with E-state index in [1.165, 1.54) is 6.92 Å². The zero-order valence-electron chi connectivity index (χ0n) is 6.20. The average Bonchev–Trinajstić information content (AvgIpc) is 2.62. The lowest BCUT2D eigenvalue weighted by Crippen LogP contribution is -2.01. The van der Waals surface area contributed by atoms with E-state index in [1.54, 1.807) is 0 Å². The zero-order chi connectivity index (χ0) is 8.27. The number of hydrogen-bond acceptors (Lipinski definition) is 2. The number of hydrogen-bond donors (Lipinski definition) is 1. The lowest BCUT2D eigenvalue weighted by atomic mass is 10.4. The van der Waals surface area contributed by atoms with Gasteiger partial charge in [0.15, 0.2) is 11.5 Å². The van der Waals surface area contributed by atoms with Gasteiger partial charge in [-0.1, -0.05) is 12.1 Å². The Morgan fingerprint density at radius 1 is 1.36 bits per heavy atom. The van der Waals surface area contributed by atoms with Gasteiger partial charge in [0.05, 0.1) is 0 Å². The van der Waals surface area contributed by atoms with Crippen molar-refractivity contribution in [2.24, 2.45) is 5.73 Å². The zero-order valence-corrected chi connectivity index (χ0v) is 6.20. The van der Waals surface area contributed by atoms with Gasteiger partial charge in [0, 0.05) is 6.92 Å². The van der Waals surface area contributed by atoms with E-state index in [4.69, 9.17) is 4.74 Å². The SMILES string of the molecule is CC(N)=O.c1ccc2c(c1)O2. The van der Waals surface area contributed by atoms with Crippen LogP contribution in [0.1, 0.15) is 6.92 Å². The second-order valence-electron chi connectivity index (χ2n) is 2.16. The molecule has 0 bridgehead atoms. The maximum absolute atomic E-state index is 9.22. The number of carbonyl (C=O) groups excluding carboxylic acids is 1. The molecule has 0 atom stereocenters. The summed E-state index contributed by atoms with van der Waals surface area (Å²) in [5, 5.41) is 0. The van der Waals surface area contributed by atoms with Crippen LogP contribution in [-0.2, 0) is 4.79 Å². The van der Waals surface area contributed by atoms with E-state index in [0.717, 1.165) is 11.5 Å². The highest BCUT2D eigenvalue weighted by Crippen LogP contribution is 2.43. The fourth-order valence-electron chi connectivity index (χ4n) is 0.611. The molecule has 0 saturated heterocycles. The number of amides is 1. The van der Waals surface area contributed by atoms with Gasteiger partial charge in [-0.15, -0.1) is 0 Å². The van der Waals surface area contributed by atoms with Crippen molar-refractivity contribution >= 4 is 5.91 Å². The first-order valence-electron chi connectivity index (χ1n) is 3.23. The number of fused-ring (bicyclic) bond motifs is 1. The van der Waals surface area contributed by atoms with Gasteiger partial charge in [-0.25, -0.2) is 0 Å². The van der Waals surface area contributed by atoms with Crippen LogP contribution in [0.15, 0.2) is 24.3 Å². The smallest absolute Gasteiger partial charge is 0.214 e. The number of nitrogens with two attached hydrogens (primary N) is 1. The van der Waals surface area contributed by atoms with Crippen molar-refractivity contribution in [1.29, 1.82) is 0 Å². The highest BCUT2D eigenvalue weighted by molar-refractivity contribution is 5.70. The van der Waals surface area contributed by atoms with Gasteiger partial charge in [-0.05, 0) is 12.1 Å². The molecule has 2 N–H and O–H groups in total. The molecule has 1 aliphatic heterocycles. The van der Waals surface area contributed by atoms with Gasteiger partial charge < -0.3 is 10.5 Å². The van der Waals surface area contributed by atoms with Gasteiger partial charge >= 0.3 is 0 Å². The molecule has 1 heterocycles. The van der Waals surface area contributed by atoms with Crippen LogP contribution in [0.3, 0.4) is 0 Å². The van der Waals surface area contributed by atoms with E-state index in [-0.39, 0.29) is 5.91 Å². The molecule has 0 fully saturated rings. The van der Waals surface area contributed by atoms with Gasteiger partial charge in [0.25, 0.3) is 0 Å². The van der Waals surface area contributed by atoms with Crippen LogP contribution in [0, 0.1) is 0 Å². The van der Waals surface area contributed by atoms with Crippen LogP contribution in [0.4, 0.5) is 0 Å². The van der Waals surface area contributed by atoms with Gasteiger partial charge in [-0.2, -0.15) is 0 Å². The van der Waals surface area contributed by atoms with Crippen molar-refractivity contribution in [2.75, 3.05) is 0 Å². The Balaban J connectivity index is 0.000000134. The first kappa shape index (κ1) is 7.60. The molecule has 0 radical (unpaired) electrons. The number of primary amides is 1. The van der Waals surface area contributed by atoms with Crippen LogP contribution >= 0.6 is 0 Å². The van der Waals surface area contributed by atoms with E-state index >= 15 is 0 Å². The molecule has 3 heteroatoms. The van der Waals surface area contributed by atoms with Crippen molar-refractivity contribution in [1.82, 2.24) is 0 Å². The van der Waals surface area contributed by atoms with Crippen molar-refractivity contribution in [3.63, 3.8) is 0 Å². The number of carbonyl (C=O) groups is 1. The Kier molecular flexibility index (Phi) is 2.11. The Hall–Kier alpha value is -1.51. The Labute approximate surface area is 64.8 Å². The number of benzene rings is 1. The molecule has 1 aliphatic rings. The lowest BCUT2D eigenvalue weighted by Gasteiger charge is -1.61. The first-order chi connectivity index (χ1) is 5.20. The van der Waals surface area contributed by atoms with Crippen LogP contribution < -0.4 is 10.5 Å². The summed E-state index contributed by atoms with van der Waals surface area (Å²) in [5.74, 6) is 1.73. The van der Waals surface area contributed by atoms with Crippen LogP contribution in [0.25, 0.3) is 0 Å². The average molecular weight is 151 g/mol. The van der Waals surface area contributed by atoms with E-state index in [0.29, 0.717) is 0 Å². The molecule has 0 aromatic heterocycles. The number of ether oxygens (including phenoxy) is 1. The second-order valence-corrected chi connectivity index (χ2v) is 2.16. The molecule has 2 rings (SSSR count). The van der Waals surface area contributed by atoms with E-state index in [1.807, 2.05) is 24.3 Å².